The number of carbonyl (C=O) groups excluding carboxylic acids is 1. The molecule has 0 bridgehead atoms. The molecule has 3 aromatic rings. The molecule has 0 saturated carbocycles. The zero-order valence-corrected chi connectivity index (χ0v) is 18.8. The maximum Gasteiger partial charge on any atom is 0.254 e. The van der Waals surface area contributed by atoms with Crippen LogP contribution in [0.15, 0.2) is 54.6 Å². The van der Waals surface area contributed by atoms with Gasteiger partial charge in [0.05, 0.1) is 18.3 Å². The van der Waals surface area contributed by atoms with Crippen molar-refractivity contribution in [1.29, 1.82) is 0 Å². The van der Waals surface area contributed by atoms with Crippen molar-refractivity contribution in [3.8, 4) is 11.3 Å². The zero-order valence-electron chi connectivity index (χ0n) is 18.8. The predicted molar refractivity (Wildman–Crippen MR) is 123 cm³/mol. The number of hydrogen-bond donors (Lipinski definition) is 0. The van der Waals surface area contributed by atoms with E-state index in [1.807, 2.05) is 61.1 Å². The van der Waals surface area contributed by atoms with Crippen LogP contribution in [-0.2, 0) is 18.3 Å². The molecule has 32 heavy (non-hydrogen) atoms. The number of nitrogens with zero attached hydrogens (tertiary/aromatic N) is 4. The molecule has 0 radical (unpaired) electrons. The number of carbonyl (C=O) groups is 1. The van der Waals surface area contributed by atoms with Crippen LogP contribution in [0.3, 0.4) is 0 Å². The normalized spacial score (nSPS) is 15.7. The summed E-state index contributed by atoms with van der Waals surface area (Å²) in [7, 11) is 5.86. The summed E-state index contributed by atoms with van der Waals surface area (Å²) in [5.41, 5.74) is 3.27. The molecule has 4 rings (SSSR count). The number of benzene rings is 2. The van der Waals surface area contributed by atoms with Gasteiger partial charge < -0.3 is 14.5 Å². The molecule has 1 aliphatic heterocycles. The zero-order chi connectivity index (χ0) is 22.7. The lowest BCUT2D eigenvalue weighted by Gasteiger charge is -2.27. The highest BCUT2D eigenvalue weighted by atomic mass is 19.1. The Hall–Kier alpha value is -3.19. The fraction of sp³-hybridized carbons (Fsp3) is 0.360. The van der Waals surface area contributed by atoms with Gasteiger partial charge in [-0.3, -0.25) is 9.48 Å². The molecule has 0 spiro atoms. The van der Waals surface area contributed by atoms with Gasteiger partial charge in [-0.25, -0.2) is 4.39 Å². The second-order valence-electron chi connectivity index (χ2n) is 8.36. The number of aryl methyl sites for hydroxylation is 1. The first kappa shape index (κ1) is 22.0. The van der Waals surface area contributed by atoms with E-state index < -0.39 is 0 Å². The summed E-state index contributed by atoms with van der Waals surface area (Å²) in [6, 6.07) is 15.7. The Balaban J connectivity index is 1.74. The monoisotopic (exact) mass is 436 g/mol. The minimum Gasteiger partial charge on any atom is -0.376 e. The number of rotatable bonds is 7. The molecule has 1 fully saturated rings. The van der Waals surface area contributed by atoms with Crippen LogP contribution in [0.4, 0.5) is 10.2 Å². The number of amides is 1. The summed E-state index contributed by atoms with van der Waals surface area (Å²) in [4.78, 5) is 17.3. The van der Waals surface area contributed by atoms with Gasteiger partial charge in [0.1, 0.15) is 11.6 Å². The molecule has 0 N–H and O–H groups in total. The van der Waals surface area contributed by atoms with E-state index in [0.717, 1.165) is 35.5 Å². The van der Waals surface area contributed by atoms with Gasteiger partial charge in [-0.05, 0) is 37.1 Å². The third-order valence-corrected chi connectivity index (χ3v) is 5.76. The van der Waals surface area contributed by atoms with Crippen molar-refractivity contribution >= 4 is 11.7 Å². The average molecular weight is 437 g/mol. The van der Waals surface area contributed by atoms with Gasteiger partial charge in [0.15, 0.2) is 0 Å². The van der Waals surface area contributed by atoms with Crippen LogP contribution in [0, 0.1) is 5.82 Å². The maximum absolute atomic E-state index is 13.5. The fourth-order valence-corrected chi connectivity index (χ4v) is 4.31. The SMILES string of the molecule is CN(C)c1c(CN(CC2CCCO2)C(=O)c2ccc(F)cc2)c(-c2ccccc2)nn1C. The van der Waals surface area contributed by atoms with Crippen LogP contribution in [-0.4, -0.2) is 53.9 Å². The van der Waals surface area contributed by atoms with Crippen LogP contribution in [0.25, 0.3) is 11.3 Å². The Kier molecular flexibility index (Phi) is 6.55. The highest BCUT2D eigenvalue weighted by molar-refractivity contribution is 5.94. The van der Waals surface area contributed by atoms with E-state index in [0.29, 0.717) is 25.3 Å². The average Bonchev–Trinajstić information content (AvgIpc) is 3.41. The standard InChI is InChI=1S/C25H29FN4O2/c1-28(2)24-22(23(27-29(24)3)18-8-5-4-6-9-18)17-30(16-21-10-7-15-32-21)25(31)19-11-13-20(26)14-12-19/h4-6,8-9,11-14,21H,7,10,15-17H2,1-3H3. The van der Waals surface area contributed by atoms with Crippen molar-refractivity contribution in [1.82, 2.24) is 14.7 Å². The van der Waals surface area contributed by atoms with E-state index in [1.165, 1.54) is 24.3 Å². The summed E-state index contributed by atoms with van der Waals surface area (Å²) >= 11 is 0. The third-order valence-electron chi connectivity index (χ3n) is 5.76. The molecule has 0 aliphatic carbocycles. The first-order valence-electron chi connectivity index (χ1n) is 10.9. The molecule has 1 aromatic heterocycles. The lowest BCUT2D eigenvalue weighted by molar-refractivity contribution is 0.0508. The minimum atomic E-state index is -0.360. The number of hydrogen-bond acceptors (Lipinski definition) is 4. The smallest absolute Gasteiger partial charge is 0.254 e. The van der Waals surface area contributed by atoms with Gasteiger partial charge in [-0.2, -0.15) is 5.10 Å². The van der Waals surface area contributed by atoms with Crippen molar-refractivity contribution in [3.05, 3.63) is 71.5 Å². The largest absolute Gasteiger partial charge is 0.376 e. The van der Waals surface area contributed by atoms with Gasteiger partial charge in [0.25, 0.3) is 5.91 Å². The van der Waals surface area contributed by atoms with Gasteiger partial charge in [0.2, 0.25) is 0 Å². The highest BCUT2D eigenvalue weighted by Gasteiger charge is 2.28. The second kappa shape index (κ2) is 9.53. The van der Waals surface area contributed by atoms with Gasteiger partial charge in [-0.15, -0.1) is 0 Å². The van der Waals surface area contributed by atoms with Crippen LogP contribution >= 0.6 is 0 Å². The van der Waals surface area contributed by atoms with Crippen molar-refractivity contribution in [2.75, 3.05) is 32.1 Å². The van der Waals surface area contributed by atoms with Crippen molar-refractivity contribution in [2.24, 2.45) is 7.05 Å². The van der Waals surface area contributed by atoms with E-state index in [1.54, 1.807) is 4.90 Å². The third kappa shape index (κ3) is 4.67. The van der Waals surface area contributed by atoms with Crippen LogP contribution < -0.4 is 4.90 Å². The molecular formula is C25H29FN4O2. The maximum atomic E-state index is 13.5. The lowest BCUT2D eigenvalue weighted by atomic mass is 10.1. The van der Waals surface area contributed by atoms with E-state index in [-0.39, 0.29) is 17.8 Å². The van der Waals surface area contributed by atoms with E-state index in [2.05, 4.69) is 0 Å². The number of anilines is 1. The summed E-state index contributed by atoms with van der Waals surface area (Å²) < 4.78 is 21.1. The Morgan fingerprint density at radius 3 is 2.50 bits per heavy atom. The molecule has 6 nitrogen and oxygen atoms in total. The Morgan fingerprint density at radius 2 is 1.88 bits per heavy atom. The van der Waals surface area contributed by atoms with E-state index in [9.17, 15) is 9.18 Å². The van der Waals surface area contributed by atoms with Crippen LogP contribution in [0.1, 0.15) is 28.8 Å². The molecule has 2 aromatic carbocycles. The van der Waals surface area contributed by atoms with Gasteiger partial charge >= 0.3 is 0 Å². The molecule has 1 unspecified atom stereocenters. The molecule has 1 aliphatic rings. The molecule has 7 heteroatoms. The number of halogens is 1. The molecule has 1 atom stereocenters. The molecular weight excluding hydrogens is 407 g/mol. The Bertz CT molecular complexity index is 1060. The molecule has 2 heterocycles. The lowest BCUT2D eigenvalue weighted by Crippen LogP contribution is -2.37. The summed E-state index contributed by atoms with van der Waals surface area (Å²) in [5.74, 6) is 0.432. The molecule has 168 valence electrons. The topological polar surface area (TPSA) is 50.6 Å². The summed E-state index contributed by atoms with van der Waals surface area (Å²) in [5, 5.41) is 4.79. The van der Waals surface area contributed by atoms with Gasteiger partial charge in [-0.1, -0.05) is 30.3 Å². The van der Waals surface area contributed by atoms with Gasteiger partial charge in [0, 0.05) is 51.0 Å². The first-order valence-corrected chi connectivity index (χ1v) is 10.9. The van der Waals surface area contributed by atoms with Crippen molar-refractivity contribution < 1.29 is 13.9 Å². The minimum absolute atomic E-state index is 0.000879. The van der Waals surface area contributed by atoms with Crippen molar-refractivity contribution in [3.63, 3.8) is 0 Å². The molecule has 1 amide bonds. The first-order chi connectivity index (χ1) is 15.4. The second-order valence-corrected chi connectivity index (χ2v) is 8.36. The van der Waals surface area contributed by atoms with Crippen LogP contribution in [0.5, 0.6) is 0 Å². The highest BCUT2D eigenvalue weighted by Crippen LogP contribution is 2.32. The Labute approximate surface area is 188 Å². The summed E-state index contributed by atoms with van der Waals surface area (Å²) in [6.07, 6.45) is 1.92. The van der Waals surface area contributed by atoms with E-state index in [4.69, 9.17) is 9.84 Å². The van der Waals surface area contributed by atoms with E-state index >= 15 is 0 Å². The number of ether oxygens (including phenoxy) is 1. The Morgan fingerprint density at radius 1 is 1.16 bits per heavy atom. The fourth-order valence-electron chi connectivity index (χ4n) is 4.31. The number of aromatic nitrogens is 2. The summed E-state index contributed by atoms with van der Waals surface area (Å²) in [6.45, 7) is 1.57. The molecule has 1 saturated heterocycles. The van der Waals surface area contributed by atoms with Crippen LogP contribution in [0.2, 0.25) is 0 Å². The quantitative estimate of drug-likeness (QED) is 0.559. The van der Waals surface area contributed by atoms with Crippen molar-refractivity contribution in [2.45, 2.75) is 25.5 Å². The predicted octanol–water partition coefficient (Wildman–Crippen LogP) is 4.11.